The highest BCUT2D eigenvalue weighted by Gasteiger charge is 2.42. The maximum Gasteiger partial charge on any atom is 0.248 e. The molecule has 1 fully saturated rings. The number of carbonyl (C=O) groups is 13. The zero-order valence-corrected chi connectivity index (χ0v) is 65.4. The summed E-state index contributed by atoms with van der Waals surface area (Å²) in [4.78, 5) is 194. The summed E-state index contributed by atoms with van der Waals surface area (Å²) >= 11 is 0. The number of para-hydroxylation sites is 1. The molecule has 0 bridgehead atoms. The van der Waals surface area contributed by atoms with Crippen LogP contribution in [0.4, 0.5) is 0 Å². The predicted molar refractivity (Wildman–Crippen MR) is 423 cm³/mol. The van der Waals surface area contributed by atoms with Crippen molar-refractivity contribution in [1.29, 1.82) is 0 Å². The highest BCUT2D eigenvalue weighted by Crippen LogP contribution is 2.24. The zero-order valence-electron chi connectivity index (χ0n) is 65.4. The number of hydrogen-bond donors (Lipinski definition) is 19. The molecule has 13 amide bonds. The van der Waals surface area contributed by atoms with Gasteiger partial charge in [-0.15, -0.1) is 0 Å². The van der Waals surface area contributed by atoms with Crippen LogP contribution < -0.4 is 70.0 Å². The lowest BCUT2D eigenvalue weighted by molar-refractivity contribution is -0.144. The number of carbonyl (C=O) groups excluding carboxylic acids is 13. The molecule has 1 saturated heterocycles. The first kappa shape index (κ1) is 91.2. The molecule has 0 radical (unpaired) electrons. The molecular weight excluding hydrogens is 1500 g/mol. The number of aromatic amines is 2. The van der Waals surface area contributed by atoms with Crippen LogP contribution in [0.3, 0.4) is 0 Å². The maximum atomic E-state index is 15.5. The van der Waals surface area contributed by atoms with Gasteiger partial charge >= 0.3 is 0 Å². The van der Waals surface area contributed by atoms with Crippen LogP contribution >= 0.6 is 0 Å². The van der Waals surface area contributed by atoms with E-state index in [9.17, 15) is 63.6 Å². The molecule has 7 unspecified atom stereocenters. The van der Waals surface area contributed by atoms with Crippen molar-refractivity contribution in [3.63, 3.8) is 0 Å². The smallest absolute Gasteiger partial charge is 0.248 e. The second-order valence-corrected chi connectivity index (χ2v) is 28.3. The summed E-state index contributed by atoms with van der Waals surface area (Å²) in [6.07, 6.45) is 4.63. The highest BCUT2D eigenvalue weighted by molar-refractivity contribution is 6.00. The topological polar surface area (TPSA) is 553 Å². The van der Waals surface area contributed by atoms with E-state index in [0.717, 1.165) is 17.7 Å². The Labute approximate surface area is 671 Å². The average molecular weight is 1610 g/mol. The van der Waals surface area contributed by atoms with E-state index in [1.54, 1.807) is 37.4 Å². The van der Waals surface area contributed by atoms with Crippen molar-refractivity contribution in [3.05, 3.63) is 144 Å². The van der Waals surface area contributed by atoms with E-state index in [2.05, 4.69) is 73.4 Å². The average Bonchev–Trinajstić information content (AvgIpc) is 1.62. The minimum absolute atomic E-state index is 0.0195. The molecule has 1 aliphatic heterocycles. The number of phenolic OH excluding ortho intramolecular Hbond substituents is 3. The third kappa shape index (κ3) is 30.4. The number of phenols is 3. The monoisotopic (exact) mass is 1610 g/mol. The molecule has 2 aromatic heterocycles. The number of fused-ring (bicyclic) bond motifs is 1. The predicted octanol–water partition coefficient (Wildman–Crippen LogP) is -0.852. The van der Waals surface area contributed by atoms with Gasteiger partial charge in [-0.25, -0.2) is 4.98 Å². The number of hydrogen-bond acceptors (Lipinski definition) is 21. The number of aliphatic hydroxyl groups excluding tert-OH is 1. The lowest BCUT2D eigenvalue weighted by atomic mass is 10.00. The Kier molecular flexibility index (Phi) is 37.4. The molecule has 628 valence electrons. The van der Waals surface area contributed by atoms with Crippen LogP contribution in [0, 0.1) is 0 Å². The van der Waals surface area contributed by atoms with Gasteiger partial charge in [0.1, 0.15) is 78.2 Å². The van der Waals surface area contributed by atoms with Crippen molar-refractivity contribution in [3.8, 4) is 17.2 Å². The number of nitrogens with zero attached hydrogens (tertiary/aromatic N) is 2. The molecule has 0 aliphatic carbocycles. The Morgan fingerprint density at radius 3 is 1.62 bits per heavy atom. The molecular formula is C80H109N17O19. The minimum Gasteiger partial charge on any atom is -0.508 e. The number of H-pyrrole nitrogens is 2. The van der Waals surface area contributed by atoms with E-state index in [1.165, 1.54) is 99.3 Å². The summed E-state index contributed by atoms with van der Waals surface area (Å²) in [7, 11) is 1.33. The van der Waals surface area contributed by atoms with Gasteiger partial charge in [0.15, 0.2) is 0 Å². The third-order valence-electron chi connectivity index (χ3n) is 19.3. The number of likely N-dealkylation sites (N-methyl/N-ethyl adjacent to an activating group) is 1. The number of ether oxygens (including phenoxy) is 2. The number of aliphatic hydroxyl groups is 1. The first-order valence-corrected chi connectivity index (χ1v) is 38.9. The van der Waals surface area contributed by atoms with E-state index in [0.29, 0.717) is 59.0 Å². The van der Waals surface area contributed by atoms with Gasteiger partial charge < -0.3 is 115 Å². The second-order valence-electron chi connectivity index (χ2n) is 28.3. The lowest BCUT2D eigenvalue weighted by Crippen LogP contribution is -2.62. The fourth-order valence-corrected chi connectivity index (χ4v) is 12.9. The Morgan fingerprint density at radius 2 is 1.07 bits per heavy atom. The van der Waals surface area contributed by atoms with Crippen molar-refractivity contribution in [2.24, 2.45) is 11.5 Å². The largest absolute Gasteiger partial charge is 0.508 e. The highest BCUT2D eigenvalue weighted by atomic mass is 16.5. The van der Waals surface area contributed by atoms with Crippen LogP contribution in [0.25, 0.3) is 10.9 Å². The summed E-state index contributed by atoms with van der Waals surface area (Å²) in [5.41, 5.74) is 13.6. The van der Waals surface area contributed by atoms with Crippen LogP contribution in [0.5, 0.6) is 17.2 Å². The molecule has 36 nitrogen and oxygen atoms in total. The SMILES string of the molecule is CCC(=O)NCCCCC(NC(=O)[C@H](Cc1ccc(O)cc1)NC(=O)C(Cc1c[nH]c2ccccc12)NC(=O)[C@H](Cc1c[nH]cn1)NC(=O)C(Cc1ccc(O)cc1)NC(=O)COCCOCCNC(=O)CCCCCN)C(=O)N[C@@H](Cc1ccc(O)cc1)C(=O)NC(C(=O)N1CCCC1C(=O)NC(CCC(N)=O)C(=O)NC)C(C)O. The van der Waals surface area contributed by atoms with Gasteiger partial charge in [-0.1, -0.05) is 67.9 Å². The third-order valence-corrected chi connectivity index (χ3v) is 19.3. The van der Waals surface area contributed by atoms with E-state index in [4.69, 9.17) is 20.9 Å². The van der Waals surface area contributed by atoms with E-state index < -0.39 is 132 Å². The van der Waals surface area contributed by atoms with Gasteiger partial charge in [0.25, 0.3) is 0 Å². The molecule has 116 heavy (non-hydrogen) atoms. The fourth-order valence-electron chi connectivity index (χ4n) is 12.9. The molecule has 1 aliphatic rings. The van der Waals surface area contributed by atoms with Crippen molar-refractivity contribution in [2.45, 2.75) is 183 Å². The Hall–Kier alpha value is -12.0. The number of amides is 13. The van der Waals surface area contributed by atoms with Crippen molar-refractivity contribution in [2.75, 3.05) is 59.7 Å². The Balaban J connectivity index is 1.16. The van der Waals surface area contributed by atoms with Crippen LogP contribution in [-0.2, 0) is 104 Å². The molecule has 6 aromatic rings. The summed E-state index contributed by atoms with van der Waals surface area (Å²) in [5.74, 6) is -10.2. The van der Waals surface area contributed by atoms with Crippen LogP contribution in [0.15, 0.2) is 116 Å². The lowest BCUT2D eigenvalue weighted by Gasteiger charge is -2.32. The molecule has 21 N–H and O–H groups in total. The number of aromatic hydroxyl groups is 3. The number of nitrogens with two attached hydrogens (primary N) is 2. The van der Waals surface area contributed by atoms with E-state index in [1.807, 2.05) is 0 Å². The maximum absolute atomic E-state index is 15.5. The number of likely N-dealkylation sites (tertiary alicyclic amines) is 1. The van der Waals surface area contributed by atoms with Gasteiger partial charge in [0.2, 0.25) is 76.8 Å². The first-order chi connectivity index (χ1) is 55.7. The normalized spacial score (nSPS) is 14.8. The van der Waals surface area contributed by atoms with Crippen LogP contribution in [0.2, 0.25) is 0 Å². The summed E-state index contributed by atoms with van der Waals surface area (Å²) in [6, 6.07) is 10.7. The van der Waals surface area contributed by atoms with E-state index in [-0.39, 0.29) is 151 Å². The Morgan fingerprint density at radius 1 is 0.543 bits per heavy atom. The molecule has 0 saturated carbocycles. The van der Waals surface area contributed by atoms with Crippen molar-refractivity contribution >= 4 is 87.7 Å². The molecule has 36 heteroatoms. The number of imidazole rings is 1. The molecule has 0 spiro atoms. The summed E-state index contributed by atoms with van der Waals surface area (Å²) in [5, 5.41) is 72.4. The fraction of sp³-hybridized carbons (Fsp3) is 0.475. The van der Waals surface area contributed by atoms with Gasteiger partial charge in [-0.2, -0.15) is 0 Å². The van der Waals surface area contributed by atoms with Gasteiger partial charge in [0.05, 0.1) is 37.9 Å². The van der Waals surface area contributed by atoms with Gasteiger partial charge in [-0.3, -0.25) is 62.3 Å². The number of rotatable bonds is 50. The standard InChI is InChI=1S/C80H109N17O19/c1-4-68(103)85-33-11-9-15-59(73(107)92-63(41-51-22-28-56(101)29-23-51)78(112)96-71(48(2)98)80(114)97-35-12-16-66(97)79(113)91-60(72(106)83-3)30-31-67(82)102)90-75(109)62(40-50-20-26-55(100)27-21-50)93-76(110)64(42-52-44-87-58-14-8-7-13-57(52)58)94-77(111)65(43-53-45-84-47-88-53)95-74(108)61(39-49-18-24-54(99)25-19-49)89-70(105)46-116-38-37-115-36-34-86-69(104)17-6-5-10-32-81/h7-8,13-14,18-29,44-45,47-48,59-66,71,87,98-101H,4-6,9-12,15-17,30-43,46,81H2,1-3H3,(H2,82,102)(H,83,106)(H,84,88)(H,85,103)(H,86,104)(H,89,105)(H,90,109)(H,91,113)(H,92,107)(H,93,110)(H,94,111)(H,95,108)(H,96,112)/t48?,59?,60?,61?,62-,63-,64?,65-,66?,71?/m0/s1. The zero-order chi connectivity index (χ0) is 84.1. The molecule has 10 atom stereocenters. The number of benzene rings is 4. The van der Waals surface area contributed by atoms with E-state index >= 15 is 19.2 Å². The van der Waals surface area contributed by atoms with Crippen LogP contribution in [0.1, 0.15) is 119 Å². The summed E-state index contributed by atoms with van der Waals surface area (Å²) in [6.45, 7) is 3.51. The number of unbranched alkanes of at least 4 members (excludes halogenated alkanes) is 3. The summed E-state index contributed by atoms with van der Waals surface area (Å²) < 4.78 is 11.1. The number of nitrogens with one attached hydrogen (secondary N) is 13. The first-order valence-electron chi connectivity index (χ1n) is 38.9. The van der Waals surface area contributed by atoms with Crippen LogP contribution in [-0.4, -0.2) is 237 Å². The number of primary amides is 1. The van der Waals surface area contributed by atoms with Gasteiger partial charge in [0, 0.05) is 101 Å². The Bertz CT molecular complexity index is 4220. The molecule has 4 aromatic carbocycles. The molecule has 7 rings (SSSR count). The second kappa shape index (κ2) is 47.6. The van der Waals surface area contributed by atoms with Crippen molar-refractivity contribution in [1.82, 2.24) is 78.3 Å². The van der Waals surface area contributed by atoms with Crippen molar-refractivity contribution < 1.29 is 92.2 Å². The van der Waals surface area contributed by atoms with Gasteiger partial charge in [-0.05, 0) is 130 Å². The molecule has 3 heterocycles. The minimum atomic E-state index is -1.76. The quantitative estimate of drug-likeness (QED) is 0.0207. The number of aromatic nitrogens is 3.